The lowest BCUT2D eigenvalue weighted by Crippen LogP contribution is -2.54. The van der Waals surface area contributed by atoms with E-state index in [9.17, 15) is 35.2 Å². The van der Waals surface area contributed by atoms with Crippen LogP contribution in [0.5, 0.6) is 0 Å². The molecule has 0 saturated carbocycles. The topological polar surface area (TPSA) is 86.5 Å². The van der Waals surface area contributed by atoms with Crippen molar-refractivity contribution in [1.29, 1.82) is 0 Å². The highest BCUT2D eigenvalue weighted by atomic mass is 32.2. The minimum absolute atomic E-state index is 0.443. The van der Waals surface area contributed by atoms with E-state index in [1.165, 1.54) is 12.1 Å². The van der Waals surface area contributed by atoms with Gasteiger partial charge in [0.15, 0.2) is 0 Å². The van der Waals surface area contributed by atoms with Crippen LogP contribution in [0.2, 0.25) is 0 Å². The number of esters is 1. The molecule has 5 nitrogen and oxygen atoms in total. The first-order chi connectivity index (χ1) is 11.3. The fourth-order valence-electron chi connectivity index (χ4n) is 1.97. The van der Waals surface area contributed by atoms with Crippen molar-refractivity contribution in [2.45, 2.75) is 17.5 Å². The van der Waals surface area contributed by atoms with Crippen LogP contribution in [0.3, 0.4) is 0 Å². The van der Waals surface area contributed by atoms with Crippen LogP contribution >= 0.6 is 0 Å². The maximum absolute atomic E-state index is 13.5. The SMILES string of the molecule is NS(=O)(=O)C(F)(F)C(OC(=O)c1ccc2ccccc2c1)C(F)(F)F. The Morgan fingerprint density at radius 2 is 1.56 bits per heavy atom. The van der Waals surface area contributed by atoms with Gasteiger partial charge in [0, 0.05) is 0 Å². The molecule has 0 fully saturated rings. The monoisotopic (exact) mass is 383 g/mol. The van der Waals surface area contributed by atoms with Crippen LogP contribution in [0.1, 0.15) is 10.4 Å². The summed E-state index contributed by atoms with van der Waals surface area (Å²) >= 11 is 0. The molecule has 0 aliphatic heterocycles. The number of hydrogen-bond acceptors (Lipinski definition) is 4. The van der Waals surface area contributed by atoms with Crippen molar-refractivity contribution in [1.82, 2.24) is 0 Å². The number of primary sulfonamides is 1. The van der Waals surface area contributed by atoms with Crippen LogP contribution in [0, 0.1) is 0 Å². The van der Waals surface area contributed by atoms with Gasteiger partial charge < -0.3 is 4.74 Å². The van der Waals surface area contributed by atoms with Crippen molar-refractivity contribution in [3.8, 4) is 0 Å². The van der Waals surface area contributed by atoms with Gasteiger partial charge in [-0.15, -0.1) is 0 Å². The molecule has 0 amide bonds. The number of carbonyl (C=O) groups is 1. The van der Waals surface area contributed by atoms with Crippen molar-refractivity contribution < 1.29 is 39.9 Å². The number of hydrogen-bond donors (Lipinski definition) is 1. The van der Waals surface area contributed by atoms with Gasteiger partial charge in [0.2, 0.25) is 0 Å². The second-order valence-corrected chi connectivity index (χ2v) is 6.63. The Hall–Kier alpha value is -2.27. The van der Waals surface area contributed by atoms with Gasteiger partial charge in [-0.1, -0.05) is 30.3 Å². The molecule has 2 aromatic rings. The van der Waals surface area contributed by atoms with Crippen molar-refractivity contribution in [2.24, 2.45) is 5.14 Å². The third kappa shape index (κ3) is 3.87. The number of halogens is 5. The molecule has 2 aromatic carbocycles. The molecule has 11 heteroatoms. The summed E-state index contributed by atoms with van der Waals surface area (Å²) in [5.41, 5.74) is -0.460. The summed E-state index contributed by atoms with van der Waals surface area (Å²) < 4.78 is 90.7. The number of rotatable bonds is 4. The zero-order valence-corrected chi connectivity index (χ0v) is 12.9. The Balaban J connectivity index is 2.39. The molecule has 2 N–H and O–H groups in total. The summed E-state index contributed by atoms with van der Waals surface area (Å²) in [5.74, 6) is -1.77. The molecule has 0 aliphatic carbocycles. The molecule has 0 aliphatic rings. The first-order valence-corrected chi connectivity index (χ1v) is 8.05. The molecule has 2 rings (SSSR count). The summed E-state index contributed by atoms with van der Waals surface area (Å²) in [5, 5.41) is -0.330. The van der Waals surface area contributed by atoms with E-state index in [0.717, 1.165) is 12.1 Å². The third-order valence-electron chi connectivity index (χ3n) is 3.19. The first kappa shape index (κ1) is 19.1. The van der Waals surface area contributed by atoms with E-state index in [1.54, 1.807) is 18.2 Å². The lowest BCUT2D eigenvalue weighted by atomic mass is 10.1. The van der Waals surface area contributed by atoms with Gasteiger partial charge in [-0.3, -0.25) is 0 Å². The average molecular weight is 383 g/mol. The first-order valence-electron chi connectivity index (χ1n) is 6.50. The molecular weight excluding hydrogens is 373 g/mol. The highest BCUT2D eigenvalue weighted by Crippen LogP contribution is 2.37. The molecule has 1 atom stereocenters. The van der Waals surface area contributed by atoms with Gasteiger partial charge in [-0.05, 0) is 22.9 Å². The predicted octanol–water partition coefficient (Wildman–Crippen LogP) is 2.81. The van der Waals surface area contributed by atoms with E-state index in [2.05, 4.69) is 9.88 Å². The zero-order valence-electron chi connectivity index (χ0n) is 12.1. The van der Waals surface area contributed by atoms with Crippen LogP contribution in [-0.2, 0) is 14.8 Å². The minimum atomic E-state index is -5.98. The van der Waals surface area contributed by atoms with Crippen LogP contribution in [0.25, 0.3) is 10.8 Å². The fraction of sp³-hybridized carbons (Fsp3) is 0.214. The summed E-state index contributed by atoms with van der Waals surface area (Å²) in [6.07, 6.45) is -10.1. The van der Waals surface area contributed by atoms with Crippen LogP contribution in [0.4, 0.5) is 22.0 Å². The van der Waals surface area contributed by atoms with E-state index in [4.69, 9.17) is 0 Å². The Morgan fingerprint density at radius 3 is 2.08 bits per heavy atom. The van der Waals surface area contributed by atoms with E-state index in [1.807, 2.05) is 0 Å². The third-order valence-corrected chi connectivity index (χ3v) is 4.16. The van der Waals surface area contributed by atoms with E-state index < -0.39 is 39.1 Å². The van der Waals surface area contributed by atoms with Gasteiger partial charge >= 0.3 is 17.4 Å². The van der Waals surface area contributed by atoms with E-state index in [0.29, 0.717) is 10.8 Å². The second kappa shape index (κ2) is 6.23. The molecule has 1 unspecified atom stereocenters. The maximum Gasteiger partial charge on any atom is 0.432 e. The largest absolute Gasteiger partial charge is 0.441 e. The highest BCUT2D eigenvalue weighted by Gasteiger charge is 2.65. The molecule has 0 heterocycles. The van der Waals surface area contributed by atoms with Crippen molar-refractivity contribution in [3.05, 3.63) is 48.0 Å². The van der Waals surface area contributed by atoms with Gasteiger partial charge in [-0.2, -0.15) is 22.0 Å². The van der Waals surface area contributed by atoms with Crippen LogP contribution < -0.4 is 5.14 Å². The lowest BCUT2D eigenvalue weighted by molar-refractivity contribution is -0.246. The van der Waals surface area contributed by atoms with Gasteiger partial charge in [0.1, 0.15) is 0 Å². The number of benzene rings is 2. The van der Waals surface area contributed by atoms with Crippen LogP contribution in [-0.4, -0.2) is 31.9 Å². The van der Waals surface area contributed by atoms with Gasteiger partial charge in [-0.25, -0.2) is 18.4 Å². The molecule has 0 bridgehead atoms. The quantitative estimate of drug-likeness (QED) is 0.650. The average Bonchev–Trinajstić information content (AvgIpc) is 2.49. The van der Waals surface area contributed by atoms with Gasteiger partial charge in [0.05, 0.1) is 5.56 Å². The standard InChI is InChI=1S/C14H10F5NO4S/c15-13(16,17)12(14(18,19)25(20,22)23)24-11(21)10-6-5-8-3-1-2-4-9(8)7-10/h1-7,12H,(H2,20,22,23). The Morgan fingerprint density at radius 1 is 1.00 bits per heavy atom. The summed E-state index contributed by atoms with van der Waals surface area (Å²) in [7, 11) is -5.98. The normalized spacial score (nSPS) is 14.3. The maximum atomic E-state index is 13.5. The number of fused-ring (bicyclic) bond motifs is 1. The Bertz CT molecular complexity index is 911. The summed E-state index contributed by atoms with van der Waals surface area (Å²) in [6, 6.07) is 10.0. The van der Waals surface area contributed by atoms with E-state index in [-0.39, 0.29) is 0 Å². The molecule has 0 aromatic heterocycles. The smallest absolute Gasteiger partial charge is 0.432 e. The summed E-state index contributed by atoms with van der Waals surface area (Å²) in [4.78, 5) is 11.8. The highest BCUT2D eigenvalue weighted by molar-refractivity contribution is 7.90. The second-order valence-electron chi connectivity index (χ2n) is 5.00. The van der Waals surface area contributed by atoms with E-state index >= 15 is 0 Å². The Kier molecular flexibility index (Phi) is 4.75. The fourth-order valence-corrected chi connectivity index (χ4v) is 2.45. The minimum Gasteiger partial charge on any atom is -0.441 e. The molecule has 0 spiro atoms. The number of carbonyl (C=O) groups excluding carboxylic acids is 1. The molecular formula is C14H10F5NO4S. The van der Waals surface area contributed by atoms with Crippen molar-refractivity contribution >= 4 is 26.8 Å². The molecule has 136 valence electrons. The lowest BCUT2D eigenvalue weighted by Gasteiger charge is -2.26. The van der Waals surface area contributed by atoms with Crippen molar-refractivity contribution in [2.75, 3.05) is 0 Å². The number of sulfonamides is 1. The molecule has 0 radical (unpaired) electrons. The number of nitrogens with two attached hydrogens (primary N) is 1. The number of ether oxygens (including phenoxy) is 1. The summed E-state index contributed by atoms with van der Waals surface area (Å²) in [6.45, 7) is 0. The zero-order chi connectivity index (χ0) is 19.0. The van der Waals surface area contributed by atoms with Crippen LogP contribution in [0.15, 0.2) is 42.5 Å². The van der Waals surface area contributed by atoms with Crippen molar-refractivity contribution in [3.63, 3.8) is 0 Å². The molecule has 0 saturated heterocycles. The predicted molar refractivity (Wildman–Crippen MR) is 77.3 cm³/mol. The van der Waals surface area contributed by atoms with Gasteiger partial charge in [0.25, 0.3) is 16.1 Å². The Labute approximate surface area is 138 Å². The number of alkyl halides is 5. The molecule has 25 heavy (non-hydrogen) atoms.